The number of hydrogen-bond donors (Lipinski definition) is 1. The number of thiophene rings is 1. The number of rotatable bonds is 2. The molecule has 84 valence electrons. The second-order valence-electron chi connectivity index (χ2n) is 3.96. The van der Waals surface area contributed by atoms with E-state index >= 15 is 0 Å². The lowest BCUT2D eigenvalue weighted by molar-refractivity contribution is 0.888. The maximum atomic E-state index is 6.26. The van der Waals surface area contributed by atoms with Crippen LogP contribution in [-0.4, -0.2) is 0 Å². The van der Waals surface area contributed by atoms with Gasteiger partial charge in [-0.15, -0.1) is 11.3 Å². The van der Waals surface area contributed by atoms with Gasteiger partial charge in [0.25, 0.3) is 0 Å². The van der Waals surface area contributed by atoms with E-state index in [0.29, 0.717) is 0 Å². The molecule has 0 aliphatic carbocycles. The molecule has 0 saturated carbocycles. The predicted octanol–water partition coefficient (Wildman–Crippen LogP) is 4.18. The fourth-order valence-electron chi connectivity index (χ4n) is 1.64. The minimum atomic E-state index is -0.0336. The Balaban J connectivity index is 2.35. The van der Waals surface area contributed by atoms with Crippen LogP contribution in [0.5, 0.6) is 0 Å². The lowest BCUT2D eigenvalue weighted by atomic mass is 10.0. The first-order valence-corrected chi connectivity index (χ1v) is 6.77. The second-order valence-corrected chi connectivity index (χ2v) is 6.10. The first-order chi connectivity index (χ1) is 7.58. The van der Waals surface area contributed by atoms with Gasteiger partial charge in [-0.2, -0.15) is 0 Å². The van der Waals surface area contributed by atoms with Gasteiger partial charge in [0, 0.05) is 14.2 Å². The Hall–Kier alpha value is -0.640. The highest BCUT2D eigenvalue weighted by atomic mass is 79.9. The minimum absolute atomic E-state index is 0.0336. The molecule has 2 N–H and O–H groups in total. The van der Waals surface area contributed by atoms with E-state index < -0.39 is 0 Å². The SMILES string of the molecule is Cc1ccc(C(N)c2sc(C)cc2Br)cc1. The van der Waals surface area contributed by atoms with Crippen molar-refractivity contribution in [3.8, 4) is 0 Å². The summed E-state index contributed by atoms with van der Waals surface area (Å²) in [6.45, 7) is 4.18. The van der Waals surface area contributed by atoms with Crippen molar-refractivity contribution in [1.29, 1.82) is 0 Å². The summed E-state index contributed by atoms with van der Waals surface area (Å²) in [4.78, 5) is 2.48. The van der Waals surface area contributed by atoms with Crippen LogP contribution in [0, 0.1) is 13.8 Å². The zero-order valence-electron chi connectivity index (χ0n) is 9.33. The molecule has 0 aliphatic heterocycles. The van der Waals surface area contributed by atoms with Crippen molar-refractivity contribution in [2.45, 2.75) is 19.9 Å². The Morgan fingerprint density at radius 2 is 1.81 bits per heavy atom. The summed E-state index contributed by atoms with van der Waals surface area (Å²) in [5.74, 6) is 0. The molecule has 0 aliphatic rings. The molecule has 1 nitrogen and oxygen atoms in total. The van der Waals surface area contributed by atoms with Crippen LogP contribution in [0.25, 0.3) is 0 Å². The summed E-state index contributed by atoms with van der Waals surface area (Å²) >= 11 is 5.31. The van der Waals surface area contributed by atoms with Crippen molar-refractivity contribution < 1.29 is 0 Å². The highest BCUT2D eigenvalue weighted by molar-refractivity contribution is 9.10. The highest BCUT2D eigenvalue weighted by Gasteiger charge is 2.14. The van der Waals surface area contributed by atoms with E-state index in [1.54, 1.807) is 11.3 Å². The average molecular weight is 296 g/mol. The van der Waals surface area contributed by atoms with E-state index in [4.69, 9.17) is 5.73 Å². The van der Waals surface area contributed by atoms with Crippen molar-refractivity contribution in [3.05, 3.63) is 55.7 Å². The molecule has 16 heavy (non-hydrogen) atoms. The summed E-state index contributed by atoms with van der Waals surface area (Å²) in [6, 6.07) is 10.5. The van der Waals surface area contributed by atoms with E-state index in [1.165, 1.54) is 15.3 Å². The van der Waals surface area contributed by atoms with Gasteiger partial charge in [-0.25, -0.2) is 0 Å². The molecule has 1 atom stereocenters. The van der Waals surface area contributed by atoms with Crippen LogP contribution in [-0.2, 0) is 0 Å². The van der Waals surface area contributed by atoms with Gasteiger partial charge >= 0.3 is 0 Å². The molecule has 1 heterocycles. The molecule has 1 aromatic heterocycles. The molecule has 1 aromatic carbocycles. The van der Waals surface area contributed by atoms with Gasteiger partial charge in [0.15, 0.2) is 0 Å². The molecule has 1 unspecified atom stereocenters. The van der Waals surface area contributed by atoms with Crippen LogP contribution in [0.2, 0.25) is 0 Å². The van der Waals surface area contributed by atoms with Crippen molar-refractivity contribution >= 4 is 27.3 Å². The summed E-state index contributed by atoms with van der Waals surface area (Å²) in [5.41, 5.74) is 8.68. The van der Waals surface area contributed by atoms with Gasteiger partial charge in [0.1, 0.15) is 0 Å². The third-order valence-corrected chi connectivity index (χ3v) is 4.61. The standard InChI is InChI=1S/C13H14BrNS/c1-8-3-5-10(6-4-8)12(15)13-11(14)7-9(2)16-13/h3-7,12H,15H2,1-2H3. The Labute approximate surface area is 108 Å². The van der Waals surface area contributed by atoms with E-state index in [1.807, 2.05) is 0 Å². The molecule has 0 fully saturated rings. The van der Waals surface area contributed by atoms with Crippen molar-refractivity contribution in [2.75, 3.05) is 0 Å². The fraction of sp³-hybridized carbons (Fsp3) is 0.231. The molecule has 2 rings (SSSR count). The summed E-state index contributed by atoms with van der Waals surface area (Å²) < 4.78 is 1.11. The maximum absolute atomic E-state index is 6.26. The Bertz CT molecular complexity index is 487. The Morgan fingerprint density at radius 3 is 2.31 bits per heavy atom. The van der Waals surface area contributed by atoms with E-state index in [0.717, 1.165) is 10.0 Å². The van der Waals surface area contributed by atoms with Crippen LogP contribution in [0.3, 0.4) is 0 Å². The lowest BCUT2D eigenvalue weighted by Gasteiger charge is -2.11. The molecule has 0 radical (unpaired) electrons. The van der Waals surface area contributed by atoms with E-state index in [-0.39, 0.29) is 6.04 Å². The lowest BCUT2D eigenvalue weighted by Crippen LogP contribution is -2.10. The van der Waals surface area contributed by atoms with Crippen LogP contribution < -0.4 is 5.73 Å². The molecular weight excluding hydrogens is 282 g/mol. The number of benzene rings is 1. The molecule has 2 aromatic rings. The summed E-state index contributed by atoms with van der Waals surface area (Å²) in [7, 11) is 0. The van der Waals surface area contributed by atoms with Gasteiger partial charge in [-0.3, -0.25) is 0 Å². The topological polar surface area (TPSA) is 26.0 Å². The van der Waals surface area contributed by atoms with Crippen LogP contribution in [0.15, 0.2) is 34.8 Å². The van der Waals surface area contributed by atoms with Gasteiger partial charge in [-0.05, 0) is 41.4 Å². The number of nitrogens with two attached hydrogens (primary N) is 1. The maximum Gasteiger partial charge on any atom is 0.0657 e. The quantitative estimate of drug-likeness (QED) is 0.884. The Kier molecular flexibility index (Phi) is 3.47. The fourth-order valence-corrected chi connectivity index (χ4v) is 3.57. The molecular formula is C13H14BrNS. The predicted molar refractivity (Wildman–Crippen MR) is 74.0 cm³/mol. The first-order valence-electron chi connectivity index (χ1n) is 5.16. The summed E-state index contributed by atoms with van der Waals surface area (Å²) in [6.07, 6.45) is 0. The van der Waals surface area contributed by atoms with Crippen LogP contribution in [0.1, 0.15) is 26.9 Å². The van der Waals surface area contributed by atoms with Gasteiger partial charge in [-0.1, -0.05) is 29.8 Å². The third kappa shape index (κ3) is 2.37. The zero-order chi connectivity index (χ0) is 11.7. The van der Waals surface area contributed by atoms with Crippen molar-refractivity contribution in [3.63, 3.8) is 0 Å². The monoisotopic (exact) mass is 295 g/mol. The second kappa shape index (κ2) is 4.70. The highest BCUT2D eigenvalue weighted by Crippen LogP contribution is 2.34. The van der Waals surface area contributed by atoms with Gasteiger partial charge < -0.3 is 5.73 Å². The first kappa shape index (κ1) is 11.8. The molecule has 0 saturated heterocycles. The normalized spacial score (nSPS) is 12.8. The number of aryl methyl sites for hydroxylation is 2. The van der Waals surface area contributed by atoms with Crippen molar-refractivity contribution in [2.24, 2.45) is 5.73 Å². The number of hydrogen-bond acceptors (Lipinski definition) is 2. The van der Waals surface area contributed by atoms with E-state index in [9.17, 15) is 0 Å². The smallest absolute Gasteiger partial charge is 0.0657 e. The summed E-state index contributed by atoms with van der Waals surface area (Å²) in [5, 5.41) is 0. The van der Waals surface area contributed by atoms with Crippen molar-refractivity contribution in [1.82, 2.24) is 0 Å². The average Bonchev–Trinajstić information content (AvgIpc) is 2.58. The molecule has 3 heteroatoms. The third-order valence-electron chi connectivity index (χ3n) is 2.56. The molecule has 0 spiro atoms. The zero-order valence-corrected chi connectivity index (χ0v) is 11.7. The van der Waals surface area contributed by atoms with Crippen LogP contribution in [0.4, 0.5) is 0 Å². The van der Waals surface area contributed by atoms with E-state index in [2.05, 4.69) is 60.1 Å². The Morgan fingerprint density at radius 1 is 1.19 bits per heavy atom. The largest absolute Gasteiger partial charge is 0.320 e. The van der Waals surface area contributed by atoms with Gasteiger partial charge in [0.2, 0.25) is 0 Å². The van der Waals surface area contributed by atoms with Gasteiger partial charge in [0.05, 0.1) is 6.04 Å². The molecule has 0 bridgehead atoms. The molecule has 0 amide bonds. The van der Waals surface area contributed by atoms with Crippen LogP contribution >= 0.6 is 27.3 Å². The number of halogens is 1. The minimum Gasteiger partial charge on any atom is -0.320 e.